The van der Waals surface area contributed by atoms with Gasteiger partial charge < -0.3 is 14.2 Å². The van der Waals surface area contributed by atoms with E-state index < -0.39 is 0 Å². The normalized spacial score (nSPS) is 22.2. The van der Waals surface area contributed by atoms with Gasteiger partial charge in [0, 0.05) is 5.92 Å². The lowest BCUT2D eigenvalue weighted by Crippen LogP contribution is -2.04. The van der Waals surface area contributed by atoms with Crippen molar-refractivity contribution in [3.05, 3.63) is 23.8 Å². The number of cyclic esters (lactones) is 1. The fourth-order valence-corrected chi connectivity index (χ4v) is 2.16. The summed E-state index contributed by atoms with van der Waals surface area (Å²) in [4.78, 5) is 11.0. The van der Waals surface area contributed by atoms with Gasteiger partial charge in [0.1, 0.15) is 0 Å². The Labute approximate surface area is 93.1 Å². The van der Waals surface area contributed by atoms with Crippen molar-refractivity contribution in [2.75, 3.05) is 13.4 Å². The number of rotatable bonds is 2. The molecule has 2 aliphatic heterocycles. The van der Waals surface area contributed by atoms with Crippen LogP contribution in [0.3, 0.4) is 0 Å². The molecular weight excluding hydrogens is 208 g/mol. The molecule has 0 aromatic heterocycles. The average molecular weight is 220 g/mol. The summed E-state index contributed by atoms with van der Waals surface area (Å²) in [6, 6.07) is 5.85. The first-order valence-corrected chi connectivity index (χ1v) is 5.36. The molecule has 0 N–H and O–H groups in total. The Balaban J connectivity index is 1.80. The highest BCUT2D eigenvalue weighted by Gasteiger charge is 2.26. The predicted molar refractivity (Wildman–Crippen MR) is 55.3 cm³/mol. The molecule has 0 saturated carbocycles. The Morgan fingerprint density at radius 2 is 2.19 bits per heavy atom. The highest BCUT2D eigenvalue weighted by Crippen LogP contribution is 2.37. The number of benzene rings is 1. The highest BCUT2D eigenvalue weighted by molar-refractivity contribution is 5.71. The molecule has 3 rings (SSSR count). The van der Waals surface area contributed by atoms with Crippen molar-refractivity contribution in [1.82, 2.24) is 0 Å². The summed E-state index contributed by atoms with van der Waals surface area (Å²) >= 11 is 0. The Kier molecular flexibility index (Phi) is 2.20. The second-order valence-corrected chi connectivity index (χ2v) is 4.11. The third-order valence-electron chi connectivity index (χ3n) is 2.92. The van der Waals surface area contributed by atoms with E-state index in [4.69, 9.17) is 14.2 Å². The predicted octanol–water partition coefficient (Wildman–Crippen LogP) is 1.52. The fraction of sp³-hybridized carbons (Fsp3) is 0.417. The van der Waals surface area contributed by atoms with E-state index >= 15 is 0 Å². The zero-order valence-corrected chi connectivity index (χ0v) is 8.77. The number of para-hydroxylation sites is 1. The van der Waals surface area contributed by atoms with E-state index in [1.54, 1.807) is 0 Å². The molecule has 0 amide bonds. The largest absolute Gasteiger partial charge is 0.465 e. The van der Waals surface area contributed by atoms with E-state index in [9.17, 15) is 4.79 Å². The molecule has 1 fully saturated rings. The van der Waals surface area contributed by atoms with Crippen molar-refractivity contribution in [2.45, 2.75) is 12.8 Å². The molecule has 84 valence electrons. The van der Waals surface area contributed by atoms with Gasteiger partial charge in [-0.25, -0.2) is 0 Å². The number of fused-ring (bicyclic) bond motifs is 1. The van der Waals surface area contributed by atoms with Crippen LogP contribution in [0.4, 0.5) is 0 Å². The number of hydrogen-bond donors (Lipinski definition) is 0. The zero-order chi connectivity index (χ0) is 11.0. The van der Waals surface area contributed by atoms with Crippen LogP contribution >= 0.6 is 0 Å². The molecule has 16 heavy (non-hydrogen) atoms. The van der Waals surface area contributed by atoms with E-state index in [1.165, 1.54) is 0 Å². The minimum atomic E-state index is -0.102. The van der Waals surface area contributed by atoms with Crippen LogP contribution in [0.25, 0.3) is 0 Å². The third-order valence-corrected chi connectivity index (χ3v) is 2.92. The van der Waals surface area contributed by atoms with Crippen LogP contribution in [0.15, 0.2) is 18.2 Å². The summed E-state index contributed by atoms with van der Waals surface area (Å²) < 4.78 is 15.7. The zero-order valence-electron chi connectivity index (χ0n) is 8.77. The van der Waals surface area contributed by atoms with E-state index in [2.05, 4.69) is 0 Å². The molecule has 2 heterocycles. The Morgan fingerprint density at radius 3 is 3.00 bits per heavy atom. The summed E-state index contributed by atoms with van der Waals surface area (Å²) in [7, 11) is 0. The van der Waals surface area contributed by atoms with E-state index in [-0.39, 0.29) is 18.7 Å². The number of ether oxygens (including phenoxy) is 3. The van der Waals surface area contributed by atoms with Crippen LogP contribution in [0, 0.1) is 5.92 Å². The molecule has 2 aliphatic rings. The summed E-state index contributed by atoms with van der Waals surface area (Å²) in [5, 5.41) is 0. The Hall–Kier alpha value is -1.71. The van der Waals surface area contributed by atoms with Gasteiger partial charge in [0.05, 0.1) is 13.0 Å². The van der Waals surface area contributed by atoms with Crippen molar-refractivity contribution in [1.29, 1.82) is 0 Å². The second kappa shape index (κ2) is 3.70. The second-order valence-electron chi connectivity index (χ2n) is 4.11. The van der Waals surface area contributed by atoms with Crippen molar-refractivity contribution >= 4 is 5.97 Å². The number of carbonyl (C=O) groups excluding carboxylic acids is 1. The van der Waals surface area contributed by atoms with Gasteiger partial charge >= 0.3 is 5.97 Å². The first-order valence-electron chi connectivity index (χ1n) is 5.36. The summed E-state index contributed by atoms with van der Waals surface area (Å²) in [6.45, 7) is 0.801. The molecule has 1 aromatic rings. The molecule has 4 nitrogen and oxygen atoms in total. The van der Waals surface area contributed by atoms with Crippen LogP contribution < -0.4 is 9.47 Å². The van der Waals surface area contributed by atoms with Crippen LogP contribution in [-0.4, -0.2) is 19.4 Å². The van der Waals surface area contributed by atoms with Crippen molar-refractivity contribution < 1.29 is 19.0 Å². The van der Waals surface area contributed by atoms with Crippen LogP contribution in [0.2, 0.25) is 0 Å². The van der Waals surface area contributed by atoms with Gasteiger partial charge in [-0.1, -0.05) is 12.1 Å². The number of carbonyl (C=O) groups is 1. The third kappa shape index (κ3) is 1.60. The smallest absolute Gasteiger partial charge is 0.306 e. The molecule has 1 unspecified atom stereocenters. The molecule has 4 heteroatoms. The summed E-state index contributed by atoms with van der Waals surface area (Å²) in [5.41, 5.74) is 1.10. The van der Waals surface area contributed by atoms with E-state index in [0.29, 0.717) is 13.0 Å². The van der Waals surface area contributed by atoms with Crippen LogP contribution in [-0.2, 0) is 16.0 Å². The average Bonchev–Trinajstić information content (AvgIpc) is 2.87. The van der Waals surface area contributed by atoms with Crippen molar-refractivity contribution in [3.63, 3.8) is 0 Å². The van der Waals surface area contributed by atoms with Gasteiger partial charge in [0.15, 0.2) is 11.5 Å². The van der Waals surface area contributed by atoms with Crippen molar-refractivity contribution in [2.24, 2.45) is 5.92 Å². The standard InChI is InChI=1S/C12H12O4/c13-11-5-8(6-14-11)4-9-2-1-3-10-12(9)16-7-15-10/h1-3,8H,4-7H2. The first-order chi connectivity index (χ1) is 7.83. The monoisotopic (exact) mass is 220 g/mol. The molecule has 1 atom stereocenters. The van der Waals surface area contributed by atoms with E-state index in [0.717, 1.165) is 23.5 Å². The molecule has 1 saturated heterocycles. The Morgan fingerprint density at radius 1 is 1.25 bits per heavy atom. The molecular formula is C12H12O4. The molecule has 0 aliphatic carbocycles. The van der Waals surface area contributed by atoms with E-state index in [1.807, 2.05) is 18.2 Å². The molecule has 0 radical (unpaired) electrons. The lowest BCUT2D eigenvalue weighted by Gasteiger charge is -2.08. The maximum absolute atomic E-state index is 11.0. The lowest BCUT2D eigenvalue weighted by atomic mass is 9.98. The number of esters is 1. The summed E-state index contributed by atoms with van der Waals surface area (Å²) in [6.07, 6.45) is 1.31. The van der Waals surface area contributed by atoms with Crippen LogP contribution in [0.1, 0.15) is 12.0 Å². The van der Waals surface area contributed by atoms with Crippen molar-refractivity contribution in [3.8, 4) is 11.5 Å². The van der Waals surface area contributed by atoms with Gasteiger partial charge in [0.25, 0.3) is 0 Å². The topological polar surface area (TPSA) is 44.8 Å². The maximum atomic E-state index is 11.0. The maximum Gasteiger partial charge on any atom is 0.306 e. The van der Waals surface area contributed by atoms with Gasteiger partial charge in [-0.15, -0.1) is 0 Å². The lowest BCUT2D eigenvalue weighted by molar-refractivity contribution is -0.137. The Bertz CT molecular complexity index is 427. The molecule has 0 spiro atoms. The van der Waals surface area contributed by atoms with Gasteiger partial charge in [0.2, 0.25) is 6.79 Å². The quantitative estimate of drug-likeness (QED) is 0.709. The molecule has 1 aromatic carbocycles. The number of hydrogen-bond acceptors (Lipinski definition) is 4. The highest BCUT2D eigenvalue weighted by atomic mass is 16.7. The first kappa shape index (κ1) is 9.51. The SMILES string of the molecule is O=C1CC(Cc2cccc3c2OCO3)CO1. The van der Waals surface area contributed by atoms with Crippen LogP contribution in [0.5, 0.6) is 11.5 Å². The van der Waals surface area contributed by atoms with Gasteiger partial charge in [-0.3, -0.25) is 4.79 Å². The minimum absolute atomic E-state index is 0.102. The van der Waals surface area contributed by atoms with Gasteiger partial charge in [-0.05, 0) is 18.1 Å². The summed E-state index contributed by atoms with van der Waals surface area (Å²) in [5.74, 6) is 1.78. The fourth-order valence-electron chi connectivity index (χ4n) is 2.16. The van der Waals surface area contributed by atoms with Gasteiger partial charge in [-0.2, -0.15) is 0 Å². The molecule has 0 bridgehead atoms. The minimum Gasteiger partial charge on any atom is -0.465 e.